The third kappa shape index (κ3) is 2.90. The predicted octanol–water partition coefficient (Wildman–Crippen LogP) is 4.64. The Balaban J connectivity index is 1.71. The normalized spacial score (nSPS) is 18.2. The van der Waals surface area contributed by atoms with Crippen molar-refractivity contribution in [2.75, 3.05) is 0 Å². The molecule has 20 heavy (non-hydrogen) atoms. The molecule has 0 amide bonds. The van der Waals surface area contributed by atoms with Crippen LogP contribution in [-0.2, 0) is 6.42 Å². The van der Waals surface area contributed by atoms with E-state index < -0.39 is 0 Å². The van der Waals surface area contributed by atoms with Crippen LogP contribution in [-0.4, -0.2) is 9.97 Å². The second-order valence-corrected chi connectivity index (χ2v) is 5.66. The van der Waals surface area contributed by atoms with Crippen molar-refractivity contribution in [1.82, 2.24) is 9.97 Å². The van der Waals surface area contributed by atoms with Gasteiger partial charge in [-0.15, -0.1) is 0 Å². The molecule has 4 heteroatoms. The quantitative estimate of drug-likeness (QED) is 0.789. The summed E-state index contributed by atoms with van der Waals surface area (Å²) in [5.41, 5.74) is 3.45. The number of aryl methyl sites for hydroxylation is 1. The summed E-state index contributed by atoms with van der Waals surface area (Å²) in [6.07, 6.45) is 8.44. The first-order chi connectivity index (χ1) is 9.72. The Bertz CT molecular complexity index is 684. The van der Waals surface area contributed by atoms with Gasteiger partial charge in [-0.2, -0.15) is 0 Å². The number of H-pyrrole nitrogens is 2. The number of aromatic nitrogens is 2. The van der Waals surface area contributed by atoms with Crippen LogP contribution in [0.2, 0.25) is 0 Å². The van der Waals surface area contributed by atoms with Crippen molar-refractivity contribution in [3.8, 4) is 0 Å². The van der Waals surface area contributed by atoms with Crippen LogP contribution in [0.3, 0.4) is 0 Å². The molecule has 0 fully saturated rings. The minimum absolute atomic E-state index is 0.163. The van der Waals surface area contributed by atoms with Gasteiger partial charge in [0.15, 0.2) is 4.77 Å². The van der Waals surface area contributed by atoms with Crippen LogP contribution < -0.4 is 0 Å². The third-order valence-electron chi connectivity index (χ3n) is 3.89. The van der Waals surface area contributed by atoms with Crippen LogP contribution in [0, 0.1) is 16.5 Å². The zero-order valence-corrected chi connectivity index (χ0v) is 12.0. The van der Waals surface area contributed by atoms with Gasteiger partial charge in [0.05, 0.1) is 0 Å². The van der Waals surface area contributed by atoms with E-state index in [-0.39, 0.29) is 5.82 Å². The van der Waals surface area contributed by atoms with Crippen LogP contribution in [0.1, 0.15) is 30.5 Å². The van der Waals surface area contributed by atoms with Gasteiger partial charge >= 0.3 is 0 Å². The lowest BCUT2D eigenvalue weighted by molar-refractivity contribution is 0.585. The summed E-state index contributed by atoms with van der Waals surface area (Å²) in [7, 11) is 0. The zero-order chi connectivity index (χ0) is 13.9. The fourth-order valence-electron chi connectivity index (χ4n) is 2.92. The molecule has 2 aromatic rings. The van der Waals surface area contributed by atoms with Gasteiger partial charge in [-0.1, -0.05) is 18.2 Å². The van der Waals surface area contributed by atoms with Gasteiger partial charge < -0.3 is 9.97 Å². The van der Waals surface area contributed by atoms with Crippen molar-refractivity contribution in [1.29, 1.82) is 0 Å². The largest absolute Gasteiger partial charge is 0.337 e. The predicted molar refractivity (Wildman–Crippen MR) is 81.4 cm³/mol. The standard InChI is InChI=1S/C16H17FN2S/c17-13-5-1-4-12(9-13)15-6-2-3-11(15)7-8-14-10-18-16(20)19-14/h1,4-6,9-11H,2-3,7-8H2,(H2,18,19,20)/t11-/m0/s1. The van der Waals surface area contributed by atoms with Crippen LogP contribution in [0.25, 0.3) is 5.57 Å². The molecule has 0 saturated carbocycles. The highest BCUT2D eigenvalue weighted by molar-refractivity contribution is 7.71. The van der Waals surface area contributed by atoms with Gasteiger partial charge in [0, 0.05) is 11.9 Å². The molecule has 104 valence electrons. The summed E-state index contributed by atoms with van der Waals surface area (Å²) in [4.78, 5) is 6.13. The summed E-state index contributed by atoms with van der Waals surface area (Å²) in [6.45, 7) is 0. The maximum atomic E-state index is 13.4. The third-order valence-corrected chi connectivity index (χ3v) is 4.11. The van der Waals surface area contributed by atoms with Crippen LogP contribution in [0.4, 0.5) is 4.39 Å². The molecule has 1 atom stereocenters. The minimum atomic E-state index is -0.163. The summed E-state index contributed by atoms with van der Waals surface area (Å²) < 4.78 is 14.0. The number of aromatic amines is 2. The number of nitrogens with one attached hydrogen (secondary N) is 2. The van der Waals surface area contributed by atoms with E-state index in [0.717, 1.165) is 36.9 Å². The fourth-order valence-corrected chi connectivity index (χ4v) is 3.11. The number of hydrogen-bond acceptors (Lipinski definition) is 1. The maximum Gasteiger partial charge on any atom is 0.174 e. The van der Waals surface area contributed by atoms with E-state index in [4.69, 9.17) is 12.2 Å². The Morgan fingerprint density at radius 2 is 2.25 bits per heavy atom. The lowest BCUT2D eigenvalue weighted by Crippen LogP contribution is -2.02. The average molecular weight is 288 g/mol. The molecule has 3 rings (SSSR count). The molecule has 0 bridgehead atoms. The van der Waals surface area contributed by atoms with Crippen molar-refractivity contribution >= 4 is 17.8 Å². The monoisotopic (exact) mass is 288 g/mol. The van der Waals surface area contributed by atoms with Gasteiger partial charge in [-0.25, -0.2) is 4.39 Å². The number of allylic oxidation sites excluding steroid dienone is 2. The summed E-state index contributed by atoms with van der Waals surface area (Å²) >= 11 is 5.03. The molecule has 0 spiro atoms. The summed E-state index contributed by atoms with van der Waals surface area (Å²) in [5.74, 6) is 0.345. The molecule has 1 heterocycles. The number of benzene rings is 1. The van der Waals surface area contributed by atoms with Gasteiger partial charge in [-0.05, 0) is 67.1 Å². The van der Waals surface area contributed by atoms with Crippen molar-refractivity contribution < 1.29 is 4.39 Å². The number of imidazole rings is 1. The first-order valence-electron chi connectivity index (χ1n) is 6.95. The molecule has 2 N–H and O–H groups in total. The lowest BCUT2D eigenvalue weighted by atomic mass is 9.90. The highest BCUT2D eigenvalue weighted by atomic mass is 32.1. The van der Waals surface area contributed by atoms with E-state index in [0.29, 0.717) is 10.7 Å². The second-order valence-electron chi connectivity index (χ2n) is 5.25. The van der Waals surface area contributed by atoms with Gasteiger partial charge in [0.25, 0.3) is 0 Å². The smallest absolute Gasteiger partial charge is 0.174 e. The first kappa shape index (κ1) is 13.3. The molecule has 1 aliphatic carbocycles. The molecule has 0 aliphatic heterocycles. The minimum Gasteiger partial charge on any atom is -0.337 e. The molecule has 2 nitrogen and oxygen atoms in total. The number of hydrogen-bond donors (Lipinski definition) is 2. The zero-order valence-electron chi connectivity index (χ0n) is 11.2. The summed E-state index contributed by atoms with van der Waals surface area (Å²) in [5, 5.41) is 0. The summed E-state index contributed by atoms with van der Waals surface area (Å²) in [6, 6.07) is 6.91. The van der Waals surface area contributed by atoms with E-state index >= 15 is 0 Å². The molecule has 1 aromatic carbocycles. The fraction of sp³-hybridized carbons (Fsp3) is 0.312. The first-order valence-corrected chi connectivity index (χ1v) is 7.36. The van der Waals surface area contributed by atoms with Crippen LogP contribution in [0.15, 0.2) is 36.5 Å². The Morgan fingerprint density at radius 1 is 1.35 bits per heavy atom. The van der Waals surface area contributed by atoms with Crippen molar-refractivity contribution in [3.63, 3.8) is 0 Å². The van der Waals surface area contributed by atoms with E-state index in [1.807, 2.05) is 12.3 Å². The molecule has 0 radical (unpaired) electrons. The maximum absolute atomic E-state index is 13.4. The Kier molecular flexibility index (Phi) is 3.83. The SMILES string of the molecule is Fc1cccc(C2=CCC[C@H]2CCc2c[nH]c(=S)[nH]2)c1. The average Bonchev–Trinajstić information content (AvgIpc) is 3.05. The molecular weight excluding hydrogens is 271 g/mol. The van der Waals surface area contributed by atoms with Gasteiger partial charge in [0.1, 0.15) is 5.82 Å². The molecule has 0 saturated heterocycles. The Morgan fingerprint density at radius 3 is 3.00 bits per heavy atom. The highest BCUT2D eigenvalue weighted by Crippen LogP contribution is 2.36. The van der Waals surface area contributed by atoms with Crippen molar-refractivity contribution in [2.45, 2.75) is 25.7 Å². The van der Waals surface area contributed by atoms with Crippen molar-refractivity contribution in [2.24, 2.45) is 5.92 Å². The topological polar surface area (TPSA) is 31.6 Å². The van der Waals surface area contributed by atoms with Gasteiger partial charge in [0.2, 0.25) is 0 Å². The van der Waals surface area contributed by atoms with E-state index in [1.165, 1.54) is 11.6 Å². The van der Waals surface area contributed by atoms with Gasteiger partial charge in [-0.3, -0.25) is 0 Å². The number of halogens is 1. The molecule has 0 unspecified atom stereocenters. The molecule has 1 aromatic heterocycles. The van der Waals surface area contributed by atoms with Crippen molar-refractivity contribution in [3.05, 3.63) is 58.4 Å². The van der Waals surface area contributed by atoms with E-state index in [1.54, 1.807) is 12.1 Å². The van der Waals surface area contributed by atoms with Crippen LogP contribution >= 0.6 is 12.2 Å². The second kappa shape index (κ2) is 5.75. The Hall–Kier alpha value is -1.68. The van der Waals surface area contributed by atoms with Crippen LogP contribution in [0.5, 0.6) is 0 Å². The lowest BCUT2D eigenvalue weighted by Gasteiger charge is -2.15. The molecule has 1 aliphatic rings. The Labute approximate surface area is 122 Å². The number of rotatable bonds is 4. The van der Waals surface area contributed by atoms with E-state index in [9.17, 15) is 4.39 Å². The van der Waals surface area contributed by atoms with E-state index in [2.05, 4.69) is 16.0 Å². The molecular formula is C16H17FN2S. The highest BCUT2D eigenvalue weighted by Gasteiger charge is 2.20.